The van der Waals surface area contributed by atoms with Crippen LogP contribution in [0.2, 0.25) is 0 Å². The van der Waals surface area contributed by atoms with Crippen molar-refractivity contribution in [3.63, 3.8) is 0 Å². The maximum Gasteiger partial charge on any atom is 0.110 e. The molecule has 4 heteroatoms. The average Bonchev–Trinajstić information content (AvgIpc) is 2.22. The molecule has 3 nitrogen and oxygen atoms in total. The van der Waals surface area contributed by atoms with Crippen LogP contribution in [0.5, 0.6) is 0 Å². The Morgan fingerprint density at radius 2 is 2.50 bits per heavy atom. The third-order valence-corrected chi connectivity index (χ3v) is 1.68. The van der Waals surface area contributed by atoms with E-state index in [9.17, 15) is 0 Å². The summed E-state index contributed by atoms with van der Waals surface area (Å²) in [6, 6.07) is 0.300. The SMILES string of the molecule is Cl.N[C@@H]1Cc2nccn2C1. The molecule has 0 amide bonds. The Morgan fingerprint density at radius 3 is 3.20 bits per heavy atom. The minimum absolute atomic E-state index is 0. The fourth-order valence-electron chi connectivity index (χ4n) is 1.25. The summed E-state index contributed by atoms with van der Waals surface area (Å²) in [5.74, 6) is 1.13. The van der Waals surface area contributed by atoms with Gasteiger partial charge in [0.05, 0.1) is 0 Å². The lowest BCUT2D eigenvalue weighted by molar-refractivity contribution is 0.641. The Bertz CT molecular complexity index is 200. The molecule has 0 saturated carbocycles. The molecule has 1 aliphatic rings. The molecular weight excluding hydrogens is 150 g/mol. The fourth-order valence-corrected chi connectivity index (χ4v) is 1.25. The van der Waals surface area contributed by atoms with E-state index < -0.39 is 0 Å². The van der Waals surface area contributed by atoms with Crippen LogP contribution in [0.15, 0.2) is 12.4 Å². The van der Waals surface area contributed by atoms with E-state index in [0.717, 1.165) is 18.8 Å². The third kappa shape index (κ3) is 1.02. The van der Waals surface area contributed by atoms with Crippen molar-refractivity contribution in [2.24, 2.45) is 5.73 Å². The van der Waals surface area contributed by atoms with E-state index >= 15 is 0 Å². The summed E-state index contributed by atoms with van der Waals surface area (Å²) in [6.45, 7) is 0.940. The molecule has 0 aliphatic carbocycles. The molecule has 1 aromatic rings. The average molecular weight is 160 g/mol. The van der Waals surface area contributed by atoms with Crippen LogP contribution in [0, 0.1) is 0 Å². The molecule has 2 heterocycles. The van der Waals surface area contributed by atoms with Gasteiger partial charge >= 0.3 is 0 Å². The predicted octanol–water partition coefficient (Wildman–Crippen LogP) is 0.188. The highest BCUT2D eigenvalue weighted by atomic mass is 35.5. The molecule has 2 rings (SSSR count). The van der Waals surface area contributed by atoms with Crippen LogP contribution in [0.25, 0.3) is 0 Å². The minimum Gasteiger partial charge on any atom is -0.333 e. The van der Waals surface area contributed by atoms with Crippen LogP contribution in [0.3, 0.4) is 0 Å². The van der Waals surface area contributed by atoms with Crippen molar-refractivity contribution in [1.29, 1.82) is 0 Å². The first kappa shape index (κ1) is 7.57. The van der Waals surface area contributed by atoms with E-state index in [2.05, 4.69) is 9.55 Å². The highest BCUT2D eigenvalue weighted by molar-refractivity contribution is 5.85. The van der Waals surface area contributed by atoms with Crippen molar-refractivity contribution in [3.05, 3.63) is 18.2 Å². The van der Waals surface area contributed by atoms with Crippen LogP contribution >= 0.6 is 12.4 Å². The second-order valence-corrected chi connectivity index (χ2v) is 2.46. The highest BCUT2D eigenvalue weighted by Gasteiger charge is 2.16. The molecule has 0 spiro atoms. The molecule has 0 aromatic carbocycles. The lowest BCUT2D eigenvalue weighted by Crippen LogP contribution is -2.20. The van der Waals surface area contributed by atoms with E-state index in [1.807, 2.05) is 12.4 Å². The summed E-state index contributed by atoms with van der Waals surface area (Å²) in [7, 11) is 0. The first-order chi connectivity index (χ1) is 4.36. The lowest BCUT2D eigenvalue weighted by Gasteiger charge is -1.95. The second kappa shape index (κ2) is 2.60. The zero-order valence-corrected chi connectivity index (χ0v) is 6.34. The van der Waals surface area contributed by atoms with E-state index in [4.69, 9.17) is 5.73 Å². The van der Waals surface area contributed by atoms with Gasteiger partial charge in [-0.25, -0.2) is 4.98 Å². The predicted molar refractivity (Wildman–Crippen MR) is 41.2 cm³/mol. The largest absolute Gasteiger partial charge is 0.333 e. The molecule has 1 atom stereocenters. The molecule has 2 N–H and O–H groups in total. The molecule has 0 fully saturated rings. The number of fused-ring (bicyclic) bond motifs is 1. The number of halogens is 1. The van der Waals surface area contributed by atoms with Gasteiger partial charge in [-0.2, -0.15) is 0 Å². The zero-order valence-electron chi connectivity index (χ0n) is 5.53. The normalized spacial score (nSPS) is 21.9. The number of rotatable bonds is 0. The Hall–Kier alpha value is -0.540. The smallest absolute Gasteiger partial charge is 0.110 e. The molecule has 10 heavy (non-hydrogen) atoms. The van der Waals surface area contributed by atoms with E-state index in [-0.39, 0.29) is 12.4 Å². The van der Waals surface area contributed by atoms with Crippen molar-refractivity contribution in [2.75, 3.05) is 0 Å². The van der Waals surface area contributed by atoms with E-state index in [0.29, 0.717) is 6.04 Å². The minimum atomic E-state index is 0. The third-order valence-electron chi connectivity index (χ3n) is 1.68. The standard InChI is InChI=1S/C6H9N3.ClH/c7-5-3-6-8-1-2-9(6)4-5;/h1-2,5H,3-4,7H2;1H/t5-;/m1./s1. The van der Waals surface area contributed by atoms with Crippen LogP contribution in [0.1, 0.15) is 5.82 Å². The van der Waals surface area contributed by atoms with Gasteiger partial charge in [0.25, 0.3) is 0 Å². The van der Waals surface area contributed by atoms with Crippen LogP contribution in [-0.2, 0) is 13.0 Å². The highest BCUT2D eigenvalue weighted by Crippen LogP contribution is 2.09. The Labute approximate surface area is 65.7 Å². The number of aromatic nitrogens is 2. The maximum atomic E-state index is 5.67. The van der Waals surface area contributed by atoms with Gasteiger partial charge < -0.3 is 10.3 Å². The molecule has 1 aliphatic heterocycles. The molecule has 56 valence electrons. The van der Waals surface area contributed by atoms with E-state index in [1.165, 1.54) is 0 Å². The summed E-state index contributed by atoms with van der Waals surface area (Å²) in [5.41, 5.74) is 5.67. The zero-order chi connectivity index (χ0) is 6.27. The van der Waals surface area contributed by atoms with Crippen molar-refractivity contribution in [2.45, 2.75) is 19.0 Å². The fraction of sp³-hybridized carbons (Fsp3) is 0.500. The van der Waals surface area contributed by atoms with Gasteiger partial charge in [0.1, 0.15) is 5.82 Å². The summed E-state index contributed by atoms with van der Waals surface area (Å²) in [5, 5.41) is 0. The van der Waals surface area contributed by atoms with Gasteiger partial charge in [0.15, 0.2) is 0 Å². The van der Waals surface area contributed by atoms with E-state index in [1.54, 1.807) is 0 Å². The topological polar surface area (TPSA) is 43.8 Å². The molecule has 0 saturated heterocycles. The van der Waals surface area contributed by atoms with Crippen LogP contribution < -0.4 is 5.73 Å². The summed E-state index contributed by atoms with van der Waals surface area (Å²) >= 11 is 0. The van der Waals surface area contributed by atoms with Gasteiger partial charge in [-0.15, -0.1) is 12.4 Å². The summed E-state index contributed by atoms with van der Waals surface area (Å²) < 4.78 is 2.10. The number of nitrogens with zero attached hydrogens (tertiary/aromatic N) is 2. The Kier molecular flexibility index (Phi) is 1.97. The molecular formula is C6H10ClN3. The monoisotopic (exact) mass is 159 g/mol. The Morgan fingerprint density at radius 1 is 1.70 bits per heavy atom. The van der Waals surface area contributed by atoms with Gasteiger partial charge in [0.2, 0.25) is 0 Å². The van der Waals surface area contributed by atoms with Gasteiger partial charge in [-0.05, 0) is 0 Å². The number of imidazole rings is 1. The molecule has 0 radical (unpaired) electrons. The van der Waals surface area contributed by atoms with Crippen molar-refractivity contribution in [3.8, 4) is 0 Å². The van der Waals surface area contributed by atoms with Crippen LogP contribution in [0.4, 0.5) is 0 Å². The number of hydrogen-bond donors (Lipinski definition) is 1. The van der Waals surface area contributed by atoms with Crippen molar-refractivity contribution in [1.82, 2.24) is 9.55 Å². The second-order valence-electron chi connectivity index (χ2n) is 2.46. The van der Waals surface area contributed by atoms with Crippen molar-refractivity contribution >= 4 is 12.4 Å². The first-order valence-electron chi connectivity index (χ1n) is 3.12. The molecule has 1 aromatic heterocycles. The molecule has 0 bridgehead atoms. The summed E-state index contributed by atoms with van der Waals surface area (Å²) in [4.78, 5) is 4.13. The van der Waals surface area contributed by atoms with Gasteiger partial charge in [-0.3, -0.25) is 0 Å². The first-order valence-corrected chi connectivity index (χ1v) is 3.12. The number of hydrogen-bond acceptors (Lipinski definition) is 2. The van der Waals surface area contributed by atoms with Gasteiger partial charge in [0, 0.05) is 31.4 Å². The maximum absolute atomic E-state index is 5.67. The quantitative estimate of drug-likeness (QED) is 0.588. The Balaban J connectivity index is 0.000000500. The van der Waals surface area contributed by atoms with Gasteiger partial charge in [-0.1, -0.05) is 0 Å². The summed E-state index contributed by atoms with van der Waals surface area (Å²) in [6.07, 6.45) is 4.73. The lowest BCUT2D eigenvalue weighted by atomic mass is 10.3. The molecule has 0 unspecified atom stereocenters. The van der Waals surface area contributed by atoms with Crippen molar-refractivity contribution < 1.29 is 0 Å². The number of nitrogens with two attached hydrogens (primary N) is 1. The van der Waals surface area contributed by atoms with Crippen LogP contribution in [-0.4, -0.2) is 15.6 Å².